The number of carbonyl (C=O) groups is 1. The lowest BCUT2D eigenvalue weighted by Gasteiger charge is -2.37. The predicted octanol–water partition coefficient (Wildman–Crippen LogP) is 2.79. The molecule has 0 saturated carbocycles. The molecular formula is C27H32F3N9O3. The highest BCUT2D eigenvalue weighted by atomic mass is 19.3. The van der Waals surface area contributed by atoms with Crippen LogP contribution in [-0.2, 0) is 19.6 Å². The van der Waals surface area contributed by atoms with Crippen LogP contribution < -0.4 is 10.1 Å². The van der Waals surface area contributed by atoms with Gasteiger partial charge in [-0.15, -0.1) is 5.10 Å². The summed E-state index contributed by atoms with van der Waals surface area (Å²) in [5, 5.41) is 29.6. The number of hydrogen-bond acceptors (Lipinski definition) is 8. The van der Waals surface area contributed by atoms with Crippen LogP contribution in [0.15, 0.2) is 30.6 Å². The van der Waals surface area contributed by atoms with E-state index in [0.29, 0.717) is 30.2 Å². The quantitative estimate of drug-likeness (QED) is 0.306. The summed E-state index contributed by atoms with van der Waals surface area (Å²) in [4.78, 5) is 15.2. The van der Waals surface area contributed by atoms with Gasteiger partial charge in [-0.25, -0.2) is 17.9 Å². The van der Waals surface area contributed by atoms with E-state index in [9.17, 15) is 18.7 Å². The summed E-state index contributed by atoms with van der Waals surface area (Å²) < 4.78 is 52.6. The molecule has 224 valence electrons. The van der Waals surface area contributed by atoms with Crippen LogP contribution in [0.25, 0.3) is 5.69 Å². The van der Waals surface area contributed by atoms with E-state index in [1.807, 2.05) is 13.1 Å². The standard InChI is InChI=1S/C27H32F3N9O3/c1-15-10-38(35-32-15)20-6-7-21(42-5)23(28)18(20)9-31-26(40)19-13-37(34-24(19)25(29)30)11-16-8-17-12-36(4)14-22(27(2,3)41)39(17)33-16/h6-8,10,13,22,25,41H,9,11-12,14H2,1-5H3,(H,31,40). The molecule has 15 heteroatoms. The Hall–Kier alpha value is -4.24. The second-order valence-corrected chi connectivity index (χ2v) is 10.9. The number of aliphatic hydroxyl groups is 1. The molecule has 0 fully saturated rings. The Bertz CT molecular complexity index is 1610. The van der Waals surface area contributed by atoms with Crippen LogP contribution in [0.1, 0.15) is 65.0 Å². The molecule has 1 aliphatic rings. The van der Waals surface area contributed by atoms with Crippen LogP contribution in [0, 0.1) is 12.7 Å². The monoisotopic (exact) mass is 587 g/mol. The van der Waals surface area contributed by atoms with Gasteiger partial charge < -0.3 is 15.2 Å². The van der Waals surface area contributed by atoms with E-state index in [1.54, 1.807) is 37.7 Å². The number of aromatic nitrogens is 7. The first-order valence-corrected chi connectivity index (χ1v) is 13.2. The normalized spacial score (nSPS) is 15.7. The van der Waals surface area contributed by atoms with Crippen LogP contribution in [-0.4, -0.2) is 76.8 Å². The lowest BCUT2D eigenvalue weighted by atomic mass is 9.97. The number of likely N-dealkylation sites (N-methyl/N-ethyl adjacent to an activating group) is 1. The van der Waals surface area contributed by atoms with Gasteiger partial charge in [0.15, 0.2) is 11.6 Å². The molecule has 0 radical (unpaired) electrons. The number of fused-ring (bicyclic) bond motifs is 1. The number of methoxy groups -OCH3 is 1. The molecule has 1 aromatic carbocycles. The van der Waals surface area contributed by atoms with Gasteiger partial charge >= 0.3 is 0 Å². The fourth-order valence-corrected chi connectivity index (χ4v) is 5.07. The molecule has 0 aliphatic carbocycles. The van der Waals surface area contributed by atoms with Crippen molar-refractivity contribution in [1.82, 2.24) is 44.8 Å². The minimum Gasteiger partial charge on any atom is -0.494 e. The van der Waals surface area contributed by atoms with Gasteiger partial charge in [-0.3, -0.25) is 19.1 Å². The number of halogens is 3. The third-order valence-corrected chi connectivity index (χ3v) is 7.14. The molecule has 2 N–H and O–H groups in total. The Morgan fingerprint density at radius 3 is 2.67 bits per heavy atom. The van der Waals surface area contributed by atoms with E-state index in [-0.39, 0.29) is 36.0 Å². The van der Waals surface area contributed by atoms with Gasteiger partial charge in [-0.05, 0) is 46.0 Å². The second kappa shape index (κ2) is 11.2. The van der Waals surface area contributed by atoms with Crippen LogP contribution in [0.5, 0.6) is 5.75 Å². The van der Waals surface area contributed by atoms with Gasteiger partial charge in [0.25, 0.3) is 12.3 Å². The summed E-state index contributed by atoms with van der Waals surface area (Å²) in [6, 6.07) is 4.50. The minimum absolute atomic E-state index is 0.0234. The van der Waals surface area contributed by atoms with Gasteiger partial charge in [0.1, 0.15) is 5.69 Å². The molecule has 1 amide bonds. The third-order valence-electron chi connectivity index (χ3n) is 7.14. The lowest BCUT2D eigenvalue weighted by molar-refractivity contribution is -0.00739. The Balaban J connectivity index is 1.39. The Kier molecular flexibility index (Phi) is 7.81. The molecule has 4 aromatic rings. The molecule has 3 aromatic heterocycles. The largest absolute Gasteiger partial charge is 0.494 e. The Morgan fingerprint density at radius 2 is 2.02 bits per heavy atom. The van der Waals surface area contributed by atoms with Gasteiger partial charge in [0.05, 0.1) is 59.8 Å². The summed E-state index contributed by atoms with van der Waals surface area (Å²) in [6.45, 7) is 6.01. The third kappa shape index (κ3) is 5.74. The van der Waals surface area contributed by atoms with E-state index >= 15 is 4.39 Å². The summed E-state index contributed by atoms with van der Waals surface area (Å²) in [7, 11) is 3.25. The number of hydrogen-bond donors (Lipinski definition) is 2. The van der Waals surface area contributed by atoms with E-state index in [1.165, 1.54) is 28.7 Å². The topological polar surface area (TPSA) is 128 Å². The number of aryl methyl sites for hydroxylation is 1. The van der Waals surface area contributed by atoms with Crippen molar-refractivity contribution in [2.24, 2.45) is 0 Å². The Morgan fingerprint density at radius 1 is 1.26 bits per heavy atom. The number of alkyl halides is 2. The summed E-state index contributed by atoms with van der Waals surface area (Å²) in [5.74, 6) is -1.64. The van der Waals surface area contributed by atoms with Crippen molar-refractivity contribution in [3.63, 3.8) is 0 Å². The number of carbonyl (C=O) groups excluding carboxylic acids is 1. The van der Waals surface area contributed by atoms with Crippen LogP contribution in [0.4, 0.5) is 13.2 Å². The average molecular weight is 588 g/mol. The maximum Gasteiger partial charge on any atom is 0.282 e. The zero-order valence-electron chi connectivity index (χ0n) is 23.8. The second-order valence-electron chi connectivity index (χ2n) is 10.9. The number of benzene rings is 1. The molecule has 1 aliphatic heterocycles. The highest BCUT2D eigenvalue weighted by Crippen LogP contribution is 2.30. The summed E-state index contributed by atoms with van der Waals surface area (Å²) in [5.41, 5.74) is 0.247. The predicted molar refractivity (Wildman–Crippen MR) is 144 cm³/mol. The number of rotatable bonds is 9. The van der Waals surface area contributed by atoms with Crippen LogP contribution in [0.2, 0.25) is 0 Å². The lowest BCUT2D eigenvalue weighted by Crippen LogP contribution is -2.45. The van der Waals surface area contributed by atoms with E-state index in [0.717, 1.165) is 5.69 Å². The number of ether oxygens (including phenoxy) is 1. The SMILES string of the molecule is COc1ccc(-n2cc(C)nn2)c(CNC(=O)c2cn(Cc3cc4n(n3)C(C(C)(C)O)CN(C)C4)nc2C(F)F)c1F. The van der Waals surface area contributed by atoms with Crippen molar-refractivity contribution < 1.29 is 27.8 Å². The zero-order chi connectivity index (χ0) is 30.3. The van der Waals surface area contributed by atoms with E-state index < -0.39 is 29.4 Å². The van der Waals surface area contributed by atoms with Crippen molar-refractivity contribution in [2.45, 2.75) is 58.5 Å². The van der Waals surface area contributed by atoms with E-state index in [4.69, 9.17) is 4.74 Å². The summed E-state index contributed by atoms with van der Waals surface area (Å²) >= 11 is 0. The average Bonchev–Trinajstić information content (AvgIpc) is 3.64. The Labute approximate surface area is 239 Å². The molecule has 42 heavy (non-hydrogen) atoms. The molecule has 1 atom stereocenters. The van der Waals surface area contributed by atoms with Crippen LogP contribution in [0.3, 0.4) is 0 Å². The zero-order valence-corrected chi connectivity index (χ0v) is 23.8. The minimum atomic E-state index is -3.03. The number of nitrogens with zero attached hydrogens (tertiary/aromatic N) is 8. The van der Waals surface area contributed by atoms with Gasteiger partial charge in [-0.2, -0.15) is 10.2 Å². The molecule has 0 bridgehead atoms. The first-order chi connectivity index (χ1) is 19.8. The molecule has 4 heterocycles. The van der Waals surface area contributed by atoms with Gasteiger partial charge in [0, 0.05) is 31.4 Å². The molecule has 5 rings (SSSR count). The van der Waals surface area contributed by atoms with Crippen molar-refractivity contribution in [2.75, 3.05) is 20.7 Å². The van der Waals surface area contributed by atoms with Gasteiger partial charge in [0.2, 0.25) is 0 Å². The fraction of sp³-hybridized carbons (Fsp3) is 0.444. The maximum atomic E-state index is 15.3. The molecular weight excluding hydrogens is 555 g/mol. The molecule has 12 nitrogen and oxygen atoms in total. The number of nitrogens with one attached hydrogen (secondary N) is 1. The maximum absolute atomic E-state index is 15.3. The smallest absolute Gasteiger partial charge is 0.282 e. The van der Waals surface area contributed by atoms with Gasteiger partial charge in [-0.1, -0.05) is 5.21 Å². The highest BCUT2D eigenvalue weighted by molar-refractivity contribution is 5.95. The highest BCUT2D eigenvalue weighted by Gasteiger charge is 2.35. The molecule has 1 unspecified atom stereocenters. The van der Waals surface area contributed by atoms with Crippen LogP contribution >= 0.6 is 0 Å². The first-order valence-electron chi connectivity index (χ1n) is 13.2. The first kappa shape index (κ1) is 29.3. The molecule has 0 saturated heterocycles. The van der Waals surface area contributed by atoms with E-state index in [2.05, 4.69) is 30.7 Å². The van der Waals surface area contributed by atoms with Crippen molar-refractivity contribution in [3.8, 4) is 11.4 Å². The van der Waals surface area contributed by atoms with Crippen molar-refractivity contribution >= 4 is 5.91 Å². The summed E-state index contributed by atoms with van der Waals surface area (Å²) in [6.07, 6.45) is -0.225. The van der Waals surface area contributed by atoms with Crippen molar-refractivity contribution in [1.29, 1.82) is 0 Å². The number of amides is 1. The molecule has 0 spiro atoms. The van der Waals surface area contributed by atoms with Crippen molar-refractivity contribution in [3.05, 3.63) is 70.3 Å². The fourth-order valence-electron chi connectivity index (χ4n) is 5.07.